The van der Waals surface area contributed by atoms with E-state index in [0.29, 0.717) is 59.3 Å². The molecule has 4 aliphatic rings. The third-order valence-electron chi connectivity index (χ3n) is 10.0. The average Bonchev–Trinajstić information content (AvgIpc) is 3.85. The molecule has 11 heteroatoms. The molecule has 0 spiro atoms. The molecule has 0 amide bonds. The van der Waals surface area contributed by atoms with Crippen LogP contribution < -0.4 is 4.74 Å². The third-order valence-corrected chi connectivity index (χ3v) is 10.6. The second kappa shape index (κ2) is 13.2. The Morgan fingerprint density at radius 2 is 1.81 bits per heavy atom. The number of nitrogens with zero attached hydrogens (tertiary/aromatic N) is 3. The molecule has 0 atom stereocenters. The third kappa shape index (κ3) is 6.64. The standard InChI is InChI=1S/C36H37Cl2N3O6/c1-44-15-2-16-45-33-25-17-22(3-4-24(25)18-29(40-33)34(42)43)7-8-35-9-12-36(13-10-35,14-11-35)46-21-26-31(41-47-32(26)23-5-6-23)30-27(37)19-39-20-28(30)38/h3-4,7-8,17-20,23H,2,5-6,9-16,21H2,1H3,(H,42,43). The summed E-state index contributed by atoms with van der Waals surface area (Å²) in [5, 5.41) is 16.4. The lowest BCUT2D eigenvalue weighted by atomic mass is 9.58. The first kappa shape index (κ1) is 32.1. The topological polar surface area (TPSA) is 117 Å². The number of hydrogen-bond donors (Lipinski definition) is 1. The smallest absolute Gasteiger partial charge is 0.354 e. The Morgan fingerprint density at radius 3 is 2.49 bits per heavy atom. The van der Waals surface area contributed by atoms with Gasteiger partial charge in [-0.3, -0.25) is 4.98 Å². The Balaban J connectivity index is 1.05. The van der Waals surface area contributed by atoms with E-state index in [-0.39, 0.29) is 16.7 Å². The highest BCUT2D eigenvalue weighted by Crippen LogP contribution is 2.55. The number of aromatic carboxylic acids is 1. The molecule has 3 heterocycles. The normalized spacial score (nSPS) is 22.4. The number of pyridine rings is 2. The molecule has 0 unspecified atom stereocenters. The molecule has 0 saturated heterocycles. The van der Waals surface area contributed by atoms with E-state index in [1.54, 1.807) is 25.6 Å². The minimum absolute atomic E-state index is 0.0366. The molecule has 246 valence electrons. The monoisotopic (exact) mass is 677 g/mol. The molecule has 47 heavy (non-hydrogen) atoms. The second-order valence-corrected chi connectivity index (χ2v) is 13.9. The number of fused-ring (bicyclic) bond motifs is 4. The number of carboxylic acid groups (broad SMARTS) is 1. The minimum Gasteiger partial charge on any atom is -0.477 e. The fourth-order valence-electron chi connectivity index (χ4n) is 7.04. The van der Waals surface area contributed by atoms with E-state index in [4.69, 9.17) is 41.9 Å². The summed E-state index contributed by atoms with van der Waals surface area (Å²) in [4.78, 5) is 20.1. The molecule has 4 aliphatic carbocycles. The summed E-state index contributed by atoms with van der Waals surface area (Å²) in [7, 11) is 1.64. The van der Waals surface area contributed by atoms with Crippen molar-refractivity contribution in [3.63, 3.8) is 0 Å². The summed E-state index contributed by atoms with van der Waals surface area (Å²) >= 11 is 13.0. The zero-order valence-corrected chi connectivity index (χ0v) is 27.8. The zero-order chi connectivity index (χ0) is 32.6. The zero-order valence-electron chi connectivity index (χ0n) is 26.3. The maximum Gasteiger partial charge on any atom is 0.354 e. The second-order valence-electron chi connectivity index (χ2n) is 13.1. The molecule has 4 aromatic rings. The molecule has 0 radical (unpaired) electrons. The lowest BCUT2D eigenvalue weighted by molar-refractivity contribution is -0.133. The fraction of sp³-hybridized carbons (Fsp3) is 0.444. The van der Waals surface area contributed by atoms with Crippen molar-refractivity contribution >= 4 is 46.0 Å². The highest BCUT2D eigenvalue weighted by Gasteiger charge is 2.48. The van der Waals surface area contributed by atoms with Gasteiger partial charge in [0.1, 0.15) is 11.5 Å². The van der Waals surface area contributed by atoms with Crippen LogP contribution >= 0.6 is 23.2 Å². The highest BCUT2D eigenvalue weighted by atomic mass is 35.5. The van der Waals surface area contributed by atoms with Crippen LogP contribution in [0.15, 0.2) is 47.3 Å². The van der Waals surface area contributed by atoms with Crippen LogP contribution in [0.1, 0.15) is 91.1 Å². The van der Waals surface area contributed by atoms with Crippen molar-refractivity contribution in [2.45, 2.75) is 75.9 Å². The van der Waals surface area contributed by atoms with Gasteiger partial charge in [0.15, 0.2) is 5.69 Å². The molecule has 0 aliphatic heterocycles. The van der Waals surface area contributed by atoms with Gasteiger partial charge in [0.05, 0.1) is 28.9 Å². The van der Waals surface area contributed by atoms with E-state index in [2.05, 4.69) is 27.3 Å². The van der Waals surface area contributed by atoms with Gasteiger partial charge in [-0.15, -0.1) is 0 Å². The molecular formula is C36H37Cl2N3O6. The van der Waals surface area contributed by atoms with E-state index >= 15 is 0 Å². The first-order chi connectivity index (χ1) is 22.8. The maximum absolute atomic E-state index is 11.7. The summed E-state index contributed by atoms with van der Waals surface area (Å²) < 4.78 is 23.7. The van der Waals surface area contributed by atoms with Gasteiger partial charge in [0.25, 0.3) is 0 Å². The summed E-state index contributed by atoms with van der Waals surface area (Å²) in [6.45, 7) is 1.35. The van der Waals surface area contributed by atoms with E-state index in [9.17, 15) is 9.90 Å². The molecule has 1 aromatic carbocycles. The van der Waals surface area contributed by atoms with Crippen molar-refractivity contribution in [3.8, 4) is 17.1 Å². The molecule has 4 saturated carbocycles. The van der Waals surface area contributed by atoms with Crippen molar-refractivity contribution in [1.82, 2.24) is 15.1 Å². The minimum atomic E-state index is -1.08. The van der Waals surface area contributed by atoms with Gasteiger partial charge in [0, 0.05) is 55.0 Å². The van der Waals surface area contributed by atoms with Crippen LogP contribution in [0.4, 0.5) is 0 Å². The fourth-order valence-corrected chi connectivity index (χ4v) is 7.58. The van der Waals surface area contributed by atoms with Gasteiger partial charge >= 0.3 is 5.97 Å². The van der Waals surface area contributed by atoms with Gasteiger partial charge in [-0.25, -0.2) is 9.78 Å². The van der Waals surface area contributed by atoms with Crippen molar-refractivity contribution in [1.29, 1.82) is 0 Å². The highest BCUT2D eigenvalue weighted by molar-refractivity contribution is 6.38. The predicted octanol–water partition coefficient (Wildman–Crippen LogP) is 8.91. The number of halogens is 2. The molecular weight excluding hydrogens is 641 g/mol. The van der Waals surface area contributed by atoms with E-state index in [1.807, 2.05) is 18.2 Å². The quantitative estimate of drug-likeness (QED) is 0.138. The number of ether oxygens (including phenoxy) is 3. The van der Waals surface area contributed by atoms with Crippen LogP contribution in [-0.4, -0.2) is 52.1 Å². The Morgan fingerprint density at radius 1 is 1.06 bits per heavy atom. The van der Waals surface area contributed by atoms with Gasteiger partial charge in [-0.1, -0.05) is 52.6 Å². The SMILES string of the molecule is COCCCOc1nc(C(=O)O)cc2ccc(C=CC34CCC(OCc5c(-c6c(Cl)cncc6Cl)noc5C5CC5)(CC3)CC4)cc12. The summed E-state index contributed by atoms with van der Waals surface area (Å²) in [6, 6.07) is 7.57. The van der Waals surface area contributed by atoms with Gasteiger partial charge < -0.3 is 23.8 Å². The number of aromatic nitrogens is 3. The van der Waals surface area contributed by atoms with E-state index < -0.39 is 5.97 Å². The van der Waals surface area contributed by atoms with Crippen molar-refractivity contribution in [2.24, 2.45) is 5.41 Å². The van der Waals surface area contributed by atoms with Crippen LogP contribution in [0.3, 0.4) is 0 Å². The van der Waals surface area contributed by atoms with Crippen molar-refractivity contribution in [2.75, 3.05) is 20.3 Å². The van der Waals surface area contributed by atoms with Gasteiger partial charge in [-0.05, 0) is 79.9 Å². The van der Waals surface area contributed by atoms with Crippen LogP contribution in [0, 0.1) is 5.41 Å². The Hall–Kier alpha value is -3.50. The summed E-state index contributed by atoms with van der Waals surface area (Å²) in [5.74, 6) is 0.498. The van der Waals surface area contributed by atoms with Crippen LogP contribution in [-0.2, 0) is 16.1 Å². The Labute approximate surface area is 283 Å². The van der Waals surface area contributed by atoms with Gasteiger partial charge in [0.2, 0.25) is 5.88 Å². The maximum atomic E-state index is 11.7. The number of methoxy groups -OCH3 is 1. The number of benzene rings is 1. The largest absolute Gasteiger partial charge is 0.477 e. The lowest BCUT2D eigenvalue weighted by Crippen LogP contribution is -2.46. The molecule has 3 aromatic heterocycles. The van der Waals surface area contributed by atoms with Crippen molar-refractivity contribution < 1.29 is 28.6 Å². The first-order valence-corrected chi connectivity index (χ1v) is 17.0. The molecule has 1 N–H and O–H groups in total. The van der Waals surface area contributed by atoms with E-state index in [1.165, 1.54) is 0 Å². The van der Waals surface area contributed by atoms with Crippen LogP contribution in [0.25, 0.3) is 28.1 Å². The van der Waals surface area contributed by atoms with Gasteiger partial charge in [-0.2, -0.15) is 0 Å². The Kier molecular flexibility index (Phi) is 9.00. The predicted molar refractivity (Wildman–Crippen MR) is 179 cm³/mol. The first-order valence-electron chi connectivity index (χ1n) is 16.2. The van der Waals surface area contributed by atoms with Crippen molar-refractivity contribution in [3.05, 3.63) is 75.4 Å². The molecule has 9 nitrogen and oxygen atoms in total. The molecule has 4 fully saturated rings. The number of carboxylic acids is 1. The lowest BCUT2D eigenvalue weighted by Gasteiger charge is -2.52. The average molecular weight is 679 g/mol. The van der Waals surface area contributed by atoms with Crippen LogP contribution in [0.2, 0.25) is 10.0 Å². The molecule has 8 rings (SSSR count). The molecule has 2 bridgehead atoms. The summed E-state index contributed by atoms with van der Waals surface area (Å²) in [6.07, 6.45) is 16.6. The number of carbonyl (C=O) groups is 1. The van der Waals surface area contributed by atoms with E-state index in [0.717, 1.165) is 79.0 Å². The number of rotatable bonds is 13. The van der Waals surface area contributed by atoms with Crippen LogP contribution in [0.5, 0.6) is 5.88 Å². The number of allylic oxidation sites excluding steroid dienone is 1. The summed E-state index contributed by atoms with van der Waals surface area (Å²) in [5.41, 5.74) is 3.17. The Bertz CT molecular complexity index is 1790. The number of hydrogen-bond acceptors (Lipinski definition) is 8.